The summed E-state index contributed by atoms with van der Waals surface area (Å²) >= 11 is 0. The van der Waals surface area contributed by atoms with Crippen molar-refractivity contribution in [1.82, 2.24) is 9.88 Å². The molecule has 1 fully saturated rings. The standard InChI is InChI=1S/C23H24N2O2/c1-2-15-27-22-10-6-4-8-19(22)23(26)25-13-11-17(12-14-25)20-16-24-21-9-5-3-7-18(20)21/h2-10,16-17,24H,1,11-15H2. The minimum atomic E-state index is 0.0482. The number of aromatic amines is 1. The lowest BCUT2D eigenvalue weighted by Gasteiger charge is -2.32. The van der Waals surface area contributed by atoms with E-state index in [4.69, 9.17) is 4.74 Å². The number of likely N-dealkylation sites (tertiary alicyclic amines) is 1. The van der Waals surface area contributed by atoms with Crippen molar-refractivity contribution in [1.29, 1.82) is 0 Å². The summed E-state index contributed by atoms with van der Waals surface area (Å²) in [5, 5.41) is 1.30. The van der Waals surface area contributed by atoms with E-state index in [1.54, 1.807) is 6.08 Å². The summed E-state index contributed by atoms with van der Waals surface area (Å²) in [5.74, 6) is 1.16. The van der Waals surface area contributed by atoms with Gasteiger partial charge in [0.15, 0.2) is 0 Å². The summed E-state index contributed by atoms with van der Waals surface area (Å²) in [6.45, 7) is 5.59. The first-order valence-corrected chi connectivity index (χ1v) is 9.46. The van der Waals surface area contributed by atoms with E-state index in [2.05, 4.69) is 42.0 Å². The minimum Gasteiger partial charge on any atom is -0.489 e. The van der Waals surface area contributed by atoms with E-state index in [0.717, 1.165) is 25.9 Å². The molecule has 1 aliphatic heterocycles. The van der Waals surface area contributed by atoms with Crippen LogP contribution in [0.2, 0.25) is 0 Å². The van der Waals surface area contributed by atoms with Crippen LogP contribution in [0, 0.1) is 0 Å². The quantitative estimate of drug-likeness (QED) is 0.667. The number of amides is 1. The predicted molar refractivity (Wildman–Crippen MR) is 108 cm³/mol. The Hall–Kier alpha value is -3.01. The average molecular weight is 360 g/mol. The van der Waals surface area contributed by atoms with Gasteiger partial charge in [0.1, 0.15) is 12.4 Å². The Morgan fingerprint density at radius 3 is 2.70 bits per heavy atom. The minimum absolute atomic E-state index is 0.0482. The maximum atomic E-state index is 13.0. The molecule has 1 saturated heterocycles. The van der Waals surface area contributed by atoms with Crippen LogP contribution in [0.5, 0.6) is 5.75 Å². The maximum absolute atomic E-state index is 13.0. The van der Waals surface area contributed by atoms with Crippen molar-refractivity contribution in [2.24, 2.45) is 0 Å². The van der Waals surface area contributed by atoms with Crippen LogP contribution in [-0.4, -0.2) is 35.5 Å². The van der Waals surface area contributed by atoms with Crippen molar-refractivity contribution in [3.63, 3.8) is 0 Å². The van der Waals surface area contributed by atoms with Gasteiger partial charge >= 0.3 is 0 Å². The van der Waals surface area contributed by atoms with E-state index in [1.165, 1.54) is 16.5 Å². The third-order valence-corrected chi connectivity index (χ3v) is 5.32. The molecule has 0 atom stereocenters. The molecule has 1 amide bonds. The lowest BCUT2D eigenvalue weighted by atomic mass is 9.89. The highest BCUT2D eigenvalue weighted by molar-refractivity contribution is 5.97. The third-order valence-electron chi connectivity index (χ3n) is 5.32. The molecule has 4 rings (SSSR count). The predicted octanol–water partition coefficient (Wildman–Crippen LogP) is 4.75. The number of H-pyrrole nitrogens is 1. The summed E-state index contributed by atoms with van der Waals surface area (Å²) in [5.41, 5.74) is 3.18. The van der Waals surface area contributed by atoms with E-state index in [9.17, 15) is 4.79 Å². The zero-order chi connectivity index (χ0) is 18.6. The zero-order valence-electron chi connectivity index (χ0n) is 15.4. The molecule has 2 aromatic carbocycles. The van der Waals surface area contributed by atoms with Crippen molar-refractivity contribution >= 4 is 16.8 Å². The number of benzene rings is 2. The first-order valence-electron chi connectivity index (χ1n) is 9.46. The number of fused-ring (bicyclic) bond motifs is 1. The van der Waals surface area contributed by atoms with Crippen molar-refractivity contribution < 1.29 is 9.53 Å². The molecule has 1 aromatic heterocycles. The lowest BCUT2D eigenvalue weighted by Crippen LogP contribution is -2.38. The van der Waals surface area contributed by atoms with Crippen LogP contribution in [0.15, 0.2) is 67.4 Å². The highest BCUT2D eigenvalue weighted by atomic mass is 16.5. The first-order chi connectivity index (χ1) is 13.3. The van der Waals surface area contributed by atoms with Crippen LogP contribution in [0.25, 0.3) is 10.9 Å². The Labute approximate surface area is 159 Å². The maximum Gasteiger partial charge on any atom is 0.257 e. The Morgan fingerprint density at radius 2 is 1.89 bits per heavy atom. The zero-order valence-corrected chi connectivity index (χ0v) is 15.4. The molecule has 0 saturated carbocycles. The van der Waals surface area contributed by atoms with E-state index in [0.29, 0.717) is 23.8 Å². The molecule has 1 N–H and O–H groups in total. The second-order valence-corrected chi connectivity index (χ2v) is 6.95. The molecule has 138 valence electrons. The summed E-state index contributed by atoms with van der Waals surface area (Å²) < 4.78 is 5.66. The fourth-order valence-corrected chi connectivity index (χ4v) is 3.91. The van der Waals surface area contributed by atoms with Crippen LogP contribution in [0.4, 0.5) is 0 Å². The van der Waals surface area contributed by atoms with E-state index >= 15 is 0 Å². The fraction of sp³-hybridized carbons (Fsp3) is 0.261. The Morgan fingerprint density at radius 1 is 1.15 bits per heavy atom. The topological polar surface area (TPSA) is 45.3 Å². The van der Waals surface area contributed by atoms with E-state index in [1.807, 2.05) is 29.2 Å². The number of hydrogen-bond donors (Lipinski definition) is 1. The van der Waals surface area contributed by atoms with Crippen LogP contribution in [0.1, 0.15) is 34.7 Å². The van der Waals surface area contributed by atoms with Gasteiger partial charge in [-0.2, -0.15) is 0 Å². The van der Waals surface area contributed by atoms with E-state index in [-0.39, 0.29) is 5.91 Å². The monoisotopic (exact) mass is 360 g/mol. The van der Waals surface area contributed by atoms with Crippen molar-refractivity contribution in [2.45, 2.75) is 18.8 Å². The Kier molecular flexibility index (Phi) is 4.97. The molecule has 4 heteroatoms. The Bertz CT molecular complexity index is 952. The molecule has 0 aliphatic carbocycles. The van der Waals surface area contributed by atoms with Crippen LogP contribution in [0.3, 0.4) is 0 Å². The average Bonchev–Trinajstić information content (AvgIpc) is 3.16. The van der Waals surface area contributed by atoms with Gasteiger partial charge in [-0.05, 0) is 42.5 Å². The SMILES string of the molecule is C=CCOc1ccccc1C(=O)N1CCC(c2c[nH]c3ccccc23)CC1. The smallest absolute Gasteiger partial charge is 0.257 e. The molecule has 4 nitrogen and oxygen atoms in total. The number of nitrogens with one attached hydrogen (secondary N) is 1. The number of hydrogen-bond acceptors (Lipinski definition) is 2. The van der Waals surface area contributed by atoms with Gasteiger partial charge in [-0.3, -0.25) is 4.79 Å². The van der Waals surface area contributed by atoms with Gasteiger partial charge in [0, 0.05) is 30.2 Å². The number of ether oxygens (including phenoxy) is 1. The number of rotatable bonds is 5. The third kappa shape index (κ3) is 3.47. The summed E-state index contributed by atoms with van der Waals surface area (Å²) in [6, 6.07) is 15.9. The van der Waals surface area contributed by atoms with Gasteiger partial charge in [-0.1, -0.05) is 43.0 Å². The van der Waals surface area contributed by atoms with Crippen molar-refractivity contribution in [3.05, 3.63) is 78.5 Å². The van der Waals surface area contributed by atoms with Crippen molar-refractivity contribution in [2.75, 3.05) is 19.7 Å². The number of carbonyl (C=O) groups is 1. The first kappa shape index (κ1) is 17.4. The molecule has 0 radical (unpaired) electrons. The molecule has 0 spiro atoms. The highest BCUT2D eigenvalue weighted by Gasteiger charge is 2.27. The molecule has 0 bridgehead atoms. The number of para-hydroxylation sites is 2. The van der Waals surface area contributed by atoms with Gasteiger partial charge in [-0.25, -0.2) is 0 Å². The summed E-state index contributed by atoms with van der Waals surface area (Å²) in [7, 11) is 0. The molecular formula is C23H24N2O2. The van der Waals surface area contributed by atoms with Crippen molar-refractivity contribution in [3.8, 4) is 5.75 Å². The highest BCUT2D eigenvalue weighted by Crippen LogP contribution is 2.34. The number of piperidine rings is 1. The second kappa shape index (κ2) is 7.70. The van der Waals surface area contributed by atoms with Crippen LogP contribution in [-0.2, 0) is 0 Å². The van der Waals surface area contributed by atoms with Gasteiger partial charge in [-0.15, -0.1) is 0 Å². The van der Waals surface area contributed by atoms with Gasteiger partial charge in [0.25, 0.3) is 5.91 Å². The second-order valence-electron chi connectivity index (χ2n) is 6.95. The number of aromatic nitrogens is 1. The van der Waals surface area contributed by atoms with Gasteiger partial charge < -0.3 is 14.6 Å². The van der Waals surface area contributed by atoms with Crippen LogP contribution < -0.4 is 4.74 Å². The molecule has 1 aliphatic rings. The van der Waals surface area contributed by atoms with Crippen LogP contribution >= 0.6 is 0 Å². The van der Waals surface area contributed by atoms with Gasteiger partial charge in [0.05, 0.1) is 5.56 Å². The lowest BCUT2D eigenvalue weighted by molar-refractivity contribution is 0.0709. The summed E-state index contributed by atoms with van der Waals surface area (Å²) in [4.78, 5) is 18.3. The Balaban J connectivity index is 1.46. The summed E-state index contributed by atoms with van der Waals surface area (Å²) in [6.07, 6.45) is 5.77. The van der Waals surface area contributed by atoms with E-state index < -0.39 is 0 Å². The van der Waals surface area contributed by atoms with Gasteiger partial charge in [0.2, 0.25) is 0 Å². The molecule has 2 heterocycles. The largest absolute Gasteiger partial charge is 0.489 e. The number of nitrogens with zero attached hydrogens (tertiary/aromatic N) is 1. The molecule has 0 unspecified atom stereocenters. The fourth-order valence-electron chi connectivity index (χ4n) is 3.91. The molecule has 3 aromatic rings. The molecule has 27 heavy (non-hydrogen) atoms. The number of carbonyl (C=O) groups excluding carboxylic acids is 1. The molecular weight excluding hydrogens is 336 g/mol. The normalized spacial score (nSPS) is 15.0.